The van der Waals surface area contributed by atoms with Gasteiger partial charge in [0.1, 0.15) is 18.6 Å². The largest absolute Gasteiger partial charge is 0.497 e. The molecule has 0 saturated heterocycles. The molecule has 0 radical (unpaired) electrons. The van der Waals surface area contributed by atoms with Crippen LogP contribution in [-0.2, 0) is 4.57 Å². The Kier molecular flexibility index (Phi) is 5.06. The number of hydrogen-bond donors (Lipinski definition) is 0. The van der Waals surface area contributed by atoms with Crippen molar-refractivity contribution in [3.05, 3.63) is 84.4 Å². The van der Waals surface area contributed by atoms with Gasteiger partial charge in [-0.05, 0) is 12.1 Å². The zero-order valence-electron chi connectivity index (χ0n) is 15.6. The molecule has 0 aliphatic carbocycles. The molecule has 1 heterocycles. The number of Topliss-reactive ketones (excluding diaryl/α,β-unsaturated/α-hetero) is 1. The van der Waals surface area contributed by atoms with Crippen LogP contribution in [0.15, 0.2) is 78.9 Å². The summed E-state index contributed by atoms with van der Waals surface area (Å²) < 4.78 is 25.3. The van der Waals surface area contributed by atoms with Crippen LogP contribution in [0.25, 0.3) is 0 Å². The molecule has 1 aliphatic heterocycles. The average molecular weight is 392 g/mol. The molecule has 3 aromatic rings. The van der Waals surface area contributed by atoms with Crippen LogP contribution in [0, 0.1) is 5.92 Å². The van der Waals surface area contributed by atoms with Gasteiger partial charge in [0, 0.05) is 22.8 Å². The van der Waals surface area contributed by atoms with Crippen LogP contribution < -0.4 is 20.1 Å². The Morgan fingerprint density at radius 2 is 1.57 bits per heavy atom. The van der Waals surface area contributed by atoms with Gasteiger partial charge in [0.15, 0.2) is 5.78 Å². The number of carbonyl (C=O) groups is 1. The molecule has 1 aliphatic rings. The summed E-state index contributed by atoms with van der Waals surface area (Å²) in [6, 6.07) is 24.0. The van der Waals surface area contributed by atoms with Crippen molar-refractivity contribution in [1.82, 2.24) is 0 Å². The lowest BCUT2D eigenvalue weighted by Crippen LogP contribution is -2.33. The summed E-state index contributed by atoms with van der Waals surface area (Å²) in [4.78, 5) is 13.1. The maximum atomic E-state index is 14.2. The third-order valence-electron chi connectivity index (χ3n) is 5.09. The van der Waals surface area contributed by atoms with Crippen molar-refractivity contribution < 1.29 is 18.8 Å². The van der Waals surface area contributed by atoms with Gasteiger partial charge in [0.05, 0.1) is 25.2 Å². The van der Waals surface area contributed by atoms with E-state index >= 15 is 0 Å². The predicted octanol–water partition coefficient (Wildman–Crippen LogP) is 3.90. The maximum absolute atomic E-state index is 14.2. The SMILES string of the molecule is COc1ccc2c(c1)OCC(CP(=O)(c1ccccc1)c1ccccc1)C2=O. The number of fused-ring (bicyclic) bond motifs is 1. The smallest absolute Gasteiger partial charge is 0.173 e. The second-order valence-electron chi connectivity index (χ2n) is 6.83. The summed E-state index contributed by atoms with van der Waals surface area (Å²) in [7, 11) is -1.41. The molecule has 0 bridgehead atoms. The van der Waals surface area contributed by atoms with Crippen LogP contribution in [0.3, 0.4) is 0 Å². The molecule has 5 heteroatoms. The zero-order valence-corrected chi connectivity index (χ0v) is 16.5. The molecule has 0 fully saturated rings. The first-order chi connectivity index (χ1) is 13.6. The summed E-state index contributed by atoms with van der Waals surface area (Å²) in [5.41, 5.74) is 0.518. The standard InChI is InChI=1S/C23H21O4P/c1-26-18-12-13-21-22(14-18)27-15-17(23(21)24)16-28(25,19-8-4-2-5-9-19)20-10-6-3-7-11-20/h2-14,17H,15-16H2,1H3. The lowest BCUT2D eigenvalue weighted by molar-refractivity contribution is 0.0851. The number of ether oxygens (including phenoxy) is 2. The third kappa shape index (κ3) is 3.36. The van der Waals surface area contributed by atoms with E-state index in [-0.39, 0.29) is 18.6 Å². The number of methoxy groups -OCH3 is 1. The van der Waals surface area contributed by atoms with Gasteiger partial charge in [0.25, 0.3) is 0 Å². The number of ketones is 1. The van der Waals surface area contributed by atoms with E-state index in [2.05, 4.69) is 0 Å². The lowest BCUT2D eigenvalue weighted by atomic mass is 9.96. The minimum Gasteiger partial charge on any atom is -0.497 e. The number of benzene rings is 3. The van der Waals surface area contributed by atoms with E-state index in [4.69, 9.17) is 9.47 Å². The topological polar surface area (TPSA) is 52.6 Å². The molecule has 4 nitrogen and oxygen atoms in total. The van der Waals surface area contributed by atoms with Crippen LogP contribution in [-0.4, -0.2) is 25.7 Å². The highest BCUT2D eigenvalue weighted by Crippen LogP contribution is 2.46. The van der Waals surface area contributed by atoms with Crippen molar-refractivity contribution in [2.45, 2.75) is 0 Å². The van der Waals surface area contributed by atoms with Gasteiger partial charge in [-0.2, -0.15) is 0 Å². The molecule has 0 N–H and O–H groups in total. The van der Waals surface area contributed by atoms with Gasteiger partial charge in [-0.15, -0.1) is 0 Å². The third-order valence-corrected chi connectivity index (χ3v) is 8.31. The Morgan fingerprint density at radius 1 is 0.964 bits per heavy atom. The van der Waals surface area contributed by atoms with Crippen LogP contribution in [0.2, 0.25) is 0 Å². The van der Waals surface area contributed by atoms with E-state index in [0.717, 1.165) is 10.6 Å². The number of rotatable bonds is 5. The average Bonchev–Trinajstić information content (AvgIpc) is 2.76. The zero-order chi connectivity index (χ0) is 19.6. The Labute approximate surface area is 164 Å². The Morgan fingerprint density at radius 3 is 2.14 bits per heavy atom. The summed E-state index contributed by atoms with van der Waals surface area (Å²) in [5.74, 6) is 0.669. The summed E-state index contributed by atoms with van der Waals surface area (Å²) in [5, 5.41) is 1.52. The maximum Gasteiger partial charge on any atom is 0.173 e. The first-order valence-electron chi connectivity index (χ1n) is 9.17. The minimum absolute atomic E-state index is 0.0315. The number of carbonyl (C=O) groups excluding carboxylic acids is 1. The Balaban J connectivity index is 1.70. The van der Waals surface area contributed by atoms with Crippen LogP contribution in [0.5, 0.6) is 11.5 Å². The van der Waals surface area contributed by atoms with Crippen molar-refractivity contribution in [2.75, 3.05) is 19.9 Å². The fraction of sp³-hybridized carbons (Fsp3) is 0.174. The van der Waals surface area contributed by atoms with Crippen molar-refractivity contribution in [2.24, 2.45) is 5.92 Å². The molecular formula is C23H21O4P. The normalized spacial score (nSPS) is 16.2. The predicted molar refractivity (Wildman–Crippen MR) is 111 cm³/mol. The van der Waals surface area contributed by atoms with E-state index < -0.39 is 13.1 Å². The van der Waals surface area contributed by atoms with Crippen LogP contribution >= 0.6 is 7.14 Å². The molecular weight excluding hydrogens is 371 g/mol. The number of hydrogen-bond acceptors (Lipinski definition) is 4. The first kappa shape index (κ1) is 18.5. The van der Waals surface area contributed by atoms with Gasteiger partial charge in [-0.3, -0.25) is 4.79 Å². The highest BCUT2D eigenvalue weighted by Gasteiger charge is 2.37. The van der Waals surface area contributed by atoms with Gasteiger partial charge in [-0.1, -0.05) is 60.7 Å². The second kappa shape index (κ2) is 7.65. The minimum atomic E-state index is -2.98. The highest BCUT2D eigenvalue weighted by atomic mass is 31.2. The molecule has 0 spiro atoms. The fourth-order valence-electron chi connectivity index (χ4n) is 3.58. The molecule has 1 unspecified atom stereocenters. The van der Waals surface area contributed by atoms with Crippen molar-refractivity contribution >= 4 is 23.5 Å². The molecule has 0 aromatic heterocycles. The van der Waals surface area contributed by atoms with Crippen LogP contribution in [0.1, 0.15) is 10.4 Å². The van der Waals surface area contributed by atoms with Crippen molar-refractivity contribution in [1.29, 1.82) is 0 Å². The molecule has 4 rings (SSSR count). The molecule has 1 atom stereocenters. The van der Waals surface area contributed by atoms with E-state index in [9.17, 15) is 9.36 Å². The lowest BCUT2D eigenvalue weighted by Gasteiger charge is -2.28. The Hall–Kier alpha value is -2.84. The monoisotopic (exact) mass is 392 g/mol. The summed E-state index contributed by atoms with van der Waals surface area (Å²) >= 11 is 0. The van der Waals surface area contributed by atoms with Gasteiger partial charge in [0.2, 0.25) is 0 Å². The first-order valence-corrected chi connectivity index (χ1v) is 11.1. The van der Waals surface area contributed by atoms with E-state index in [1.165, 1.54) is 0 Å². The van der Waals surface area contributed by atoms with E-state index in [1.807, 2.05) is 60.7 Å². The molecule has 0 amide bonds. The van der Waals surface area contributed by atoms with E-state index in [1.54, 1.807) is 25.3 Å². The molecule has 28 heavy (non-hydrogen) atoms. The molecule has 0 saturated carbocycles. The van der Waals surface area contributed by atoms with Gasteiger partial charge < -0.3 is 14.0 Å². The quantitative estimate of drug-likeness (QED) is 0.618. The molecule has 3 aromatic carbocycles. The second-order valence-corrected chi connectivity index (χ2v) is 9.70. The van der Waals surface area contributed by atoms with Crippen LogP contribution in [0.4, 0.5) is 0 Å². The van der Waals surface area contributed by atoms with E-state index in [0.29, 0.717) is 17.1 Å². The molecule has 142 valence electrons. The summed E-state index contributed by atoms with van der Waals surface area (Å²) in [6.07, 6.45) is 0.241. The highest BCUT2D eigenvalue weighted by molar-refractivity contribution is 7.78. The van der Waals surface area contributed by atoms with Gasteiger partial charge in [-0.25, -0.2) is 0 Å². The van der Waals surface area contributed by atoms with Gasteiger partial charge >= 0.3 is 0 Å². The summed E-state index contributed by atoms with van der Waals surface area (Å²) in [6.45, 7) is 0.211. The Bertz CT molecular complexity index is 987. The van der Waals surface area contributed by atoms with Crippen molar-refractivity contribution in [3.63, 3.8) is 0 Å². The van der Waals surface area contributed by atoms with Crippen molar-refractivity contribution in [3.8, 4) is 11.5 Å². The fourth-order valence-corrected chi connectivity index (χ4v) is 6.50.